The van der Waals surface area contributed by atoms with E-state index in [2.05, 4.69) is 19.6 Å². The molecule has 100 valence electrons. The number of hydrogen-bond donors (Lipinski definition) is 1. The lowest BCUT2D eigenvalue weighted by atomic mass is 10.1. The summed E-state index contributed by atoms with van der Waals surface area (Å²) in [7, 11) is 1.24. The van der Waals surface area contributed by atoms with E-state index < -0.39 is 11.3 Å². The van der Waals surface area contributed by atoms with Crippen molar-refractivity contribution < 1.29 is 14.3 Å². The van der Waals surface area contributed by atoms with E-state index >= 15 is 0 Å². The molecule has 0 radical (unpaired) electrons. The van der Waals surface area contributed by atoms with Gasteiger partial charge in [-0.3, -0.25) is 9.59 Å². The maximum absolute atomic E-state index is 11.9. The van der Waals surface area contributed by atoms with Crippen LogP contribution in [0.5, 0.6) is 0 Å². The molecule has 1 heterocycles. The Morgan fingerprint density at radius 1 is 1.50 bits per heavy atom. The van der Waals surface area contributed by atoms with Gasteiger partial charge in [-0.2, -0.15) is 0 Å². The van der Waals surface area contributed by atoms with E-state index in [1.54, 1.807) is 0 Å². The third kappa shape index (κ3) is 3.64. The van der Waals surface area contributed by atoms with E-state index in [9.17, 15) is 9.59 Å². The van der Waals surface area contributed by atoms with Crippen molar-refractivity contribution in [1.82, 2.24) is 14.9 Å². The number of carbonyl (C=O) groups excluding carboxylic acids is 2. The molecule has 1 amide bonds. The highest BCUT2D eigenvalue weighted by molar-refractivity contribution is 7.08. The summed E-state index contributed by atoms with van der Waals surface area (Å²) in [5, 5.41) is 5.55. The van der Waals surface area contributed by atoms with Crippen LogP contribution in [-0.4, -0.2) is 40.5 Å². The van der Waals surface area contributed by atoms with Crippen molar-refractivity contribution in [3.8, 4) is 0 Å². The summed E-state index contributed by atoms with van der Waals surface area (Å²) in [5.74, 6) is -0.802. The lowest BCUT2D eigenvalue weighted by Crippen LogP contribution is -2.34. The highest BCUT2D eigenvalue weighted by atomic mass is 35.5. The maximum atomic E-state index is 11.9. The summed E-state index contributed by atoms with van der Waals surface area (Å²) in [6.45, 7) is 3.85. The SMILES string of the molecule is COC(=O)C(Cl)CNC(=O)c1snnc1C(C)C. The number of esters is 1. The van der Waals surface area contributed by atoms with E-state index in [0.29, 0.717) is 10.6 Å². The minimum absolute atomic E-state index is 0.00248. The Kier molecular flexibility index (Phi) is 5.49. The number of nitrogens with zero attached hydrogens (tertiary/aromatic N) is 2. The molecular formula is C10H14ClN3O3S. The number of halogens is 1. The second kappa shape index (κ2) is 6.65. The van der Waals surface area contributed by atoms with Crippen molar-refractivity contribution in [2.24, 2.45) is 0 Å². The third-order valence-corrected chi connectivity index (χ3v) is 3.24. The summed E-state index contributed by atoms with van der Waals surface area (Å²) < 4.78 is 8.20. The van der Waals surface area contributed by atoms with Gasteiger partial charge in [0.2, 0.25) is 0 Å². The minimum atomic E-state index is -0.901. The second-order valence-electron chi connectivity index (χ2n) is 3.84. The smallest absolute Gasteiger partial charge is 0.325 e. The summed E-state index contributed by atoms with van der Waals surface area (Å²) in [4.78, 5) is 23.4. The van der Waals surface area contributed by atoms with Gasteiger partial charge in [0, 0.05) is 6.54 Å². The van der Waals surface area contributed by atoms with Crippen LogP contribution < -0.4 is 5.32 Å². The first kappa shape index (κ1) is 14.8. The molecule has 8 heteroatoms. The number of carbonyl (C=O) groups is 2. The van der Waals surface area contributed by atoms with E-state index in [-0.39, 0.29) is 18.4 Å². The first-order chi connectivity index (χ1) is 8.47. The normalized spacial score (nSPS) is 12.3. The molecule has 1 aromatic heterocycles. The molecule has 0 saturated heterocycles. The van der Waals surface area contributed by atoms with Crippen LogP contribution in [0.15, 0.2) is 0 Å². The zero-order chi connectivity index (χ0) is 13.7. The van der Waals surface area contributed by atoms with Crippen LogP contribution in [0.4, 0.5) is 0 Å². The van der Waals surface area contributed by atoms with Gasteiger partial charge in [0.1, 0.15) is 10.3 Å². The minimum Gasteiger partial charge on any atom is -0.468 e. The molecule has 1 aromatic rings. The fourth-order valence-electron chi connectivity index (χ4n) is 1.21. The fraction of sp³-hybridized carbons (Fsp3) is 0.600. The van der Waals surface area contributed by atoms with Crippen molar-refractivity contribution in [1.29, 1.82) is 0 Å². The number of hydrogen-bond acceptors (Lipinski definition) is 6. The van der Waals surface area contributed by atoms with Gasteiger partial charge in [-0.05, 0) is 17.5 Å². The number of rotatable bonds is 5. The monoisotopic (exact) mass is 291 g/mol. The number of aromatic nitrogens is 2. The van der Waals surface area contributed by atoms with Crippen molar-refractivity contribution in [3.63, 3.8) is 0 Å². The predicted octanol–water partition coefficient (Wildman–Crippen LogP) is 1.17. The van der Waals surface area contributed by atoms with E-state index in [1.165, 1.54) is 7.11 Å². The molecular weight excluding hydrogens is 278 g/mol. The Hall–Kier alpha value is -1.21. The van der Waals surface area contributed by atoms with Gasteiger partial charge in [-0.25, -0.2) is 0 Å². The Labute approximate surface area is 114 Å². The van der Waals surface area contributed by atoms with Crippen LogP contribution in [0.1, 0.15) is 35.1 Å². The van der Waals surface area contributed by atoms with Gasteiger partial charge in [0.05, 0.1) is 12.8 Å². The lowest BCUT2D eigenvalue weighted by molar-refractivity contribution is -0.140. The molecule has 18 heavy (non-hydrogen) atoms. The molecule has 0 spiro atoms. The number of ether oxygens (including phenoxy) is 1. The van der Waals surface area contributed by atoms with Gasteiger partial charge in [0.15, 0.2) is 0 Å². The Bertz CT molecular complexity index is 436. The highest BCUT2D eigenvalue weighted by Gasteiger charge is 2.21. The summed E-state index contributed by atoms with van der Waals surface area (Å²) in [6, 6.07) is 0. The van der Waals surface area contributed by atoms with Crippen LogP contribution in [0.2, 0.25) is 0 Å². The molecule has 0 saturated carbocycles. The van der Waals surface area contributed by atoms with Crippen molar-refractivity contribution in [3.05, 3.63) is 10.6 Å². The molecule has 1 unspecified atom stereocenters. The zero-order valence-corrected chi connectivity index (χ0v) is 11.8. The van der Waals surface area contributed by atoms with Crippen LogP contribution in [-0.2, 0) is 9.53 Å². The second-order valence-corrected chi connectivity index (χ2v) is 5.12. The van der Waals surface area contributed by atoms with Crippen LogP contribution in [0, 0.1) is 0 Å². The van der Waals surface area contributed by atoms with E-state index in [0.717, 1.165) is 11.5 Å². The van der Waals surface area contributed by atoms with Gasteiger partial charge in [-0.15, -0.1) is 16.7 Å². The molecule has 1 rings (SSSR count). The summed E-state index contributed by atoms with van der Waals surface area (Å²) in [5.41, 5.74) is 0.640. The van der Waals surface area contributed by atoms with Crippen LogP contribution in [0.3, 0.4) is 0 Å². The lowest BCUT2D eigenvalue weighted by Gasteiger charge is -2.09. The number of alkyl halides is 1. The van der Waals surface area contributed by atoms with E-state index in [4.69, 9.17) is 11.6 Å². The first-order valence-corrected chi connectivity index (χ1v) is 6.50. The van der Waals surface area contributed by atoms with Crippen LogP contribution in [0.25, 0.3) is 0 Å². The number of methoxy groups -OCH3 is 1. The largest absolute Gasteiger partial charge is 0.468 e. The molecule has 0 bridgehead atoms. The Morgan fingerprint density at radius 2 is 2.17 bits per heavy atom. The average molecular weight is 292 g/mol. The molecule has 0 aliphatic carbocycles. The van der Waals surface area contributed by atoms with Crippen molar-refractivity contribution in [2.45, 2.75) is 25.1 Å². The van der Waals surface area contributed by atoms with Gasteiger partial charge in [-0.1, -0.05) is 18.3 Å². The topological polar surface area (TPSA) is 81.2 Å². The average Bonchev–Trinajstić information content (AvgIpc) is 2.83. The molecule has 0 aliphatic heterocycles. The van der Waals surface area contributed by atoms with Gasteiger partial charge in [0.25, 0.3) is 5.91 Å². The summed E-state index contributed by atoms with van der Waals surface area (Å²) in [6.07, 6.45) is 0. The molecule has 0 aliphatic rings. The Morgan fingerprint density at radius 3 is 2.72 bits per heavy atom. The molecule has 1 atom stereocenters. The highest BCUT2D eigenvalue weighted by Crippen LogP contribution is 2.19. The first-order valence-electron chi connectivity index (χ1n) is 5.29. The standard InChI is InChI=1S/C10H14ClN3O3S/c1-5(2)7-8(18-14-13-7)9(15)12-4-6(11)10(16)17-3/h5-6H,4H2,1-3H3,(H,12,15). The van der Waals surface area contributed by atoms with Crippen molar-refractivity contribution >= 4 is 35.0 Å². The predicted molar refractivity (Wildman–Crippen MR) is 68.0 cm³/mol. The van der Waals surface area contributed by atoms with Gasteiger partial charge >= 0.3 is 5.97 Å². The maximum Gasteiger partial charge on any atom is 0.325 e. The molecule has 0 aromatic carbocycles. The Balaban J connectivity index is 2.61. The van der Waals surface area contributed by atoms with Crippen molar-refractivity contribution in [2.75, 3.05) is 13.7 Å². The zero-order valence-electron chi connectivity index (χ0n) is 10.3. The fourth-order valence-corrected chi connectivity index (χ4v) is 2.11. The quantitative estimate of drug-likeness (QED) is 0.650. The van der Waals surface area contributed by atoms with E-state index in [1.807, 2.05) is 13.8 Å². The third-order valence-electron chi connectivity index (χ3n) is 2.17. The van der Waals surface area contributed by atoms with Crippen LogP contribution >= 0.6 is 23.1 Å². The number of nitrogens with one attached hydrogen (secondary N) is 1. The van der Waals surface area contributed by atoms with Gasteiger partial charge < -0.3 is 10.1 Å². The molecule has 1 N–H and O–H groups in total. The summed E-state index contributed by atoms with van der Waals surface area (Å²) >= 11 is 6.74. The molecule has 0 fully saturated rings. The molecule has 6 nitrogen and oxygen atoms in total. The number of amides is 1.